The minimum Gasteiger partial charge on any atom is -0.872 e. The summed E-state index contributed by atoms with van der Waals surface area (Å²) in [6.45, 7) is 10.8. The summed E-state index contributed by atoms with van der Waals surface area (Å²) in [6.07, 6.45) is 4.75. The van der Waals surface area contributed by atoms with Gasteiger partial charge in [-0.15, -0.1) is 5.75 Å². The number of rotatable bonds is 14. The van der Waals surface area contributed by atoms with Gasteiger partial charge in [0.15, 0.2) is 0 Å². The minimum absolute atomic E-state index is 0.110. The number of nitrogens with zero attached hydrogens (tertiary/aromatic N) is 1. The summed E-state index contributed by atoms with van der Waals surface area (Å²) >= 11 is 0. The quantitative estimate of drug-likeness (QED) is 0.129. The SMILES string of the molecule is COC(=O)C(C)CC(C)(C)C(=O)NCCCNC(=O)CC[NH+]1c2ccccc2C(C)(C)C1/C=C/c1cc([N+](=O)[O-])ccc1[O-]. The third kappa shape index (κ3) is 8.22. The molecule has 0 aliphatic carbocycles. The van der Waals surface area contributed by atoms with E-state index in [-0.39, 0.29) is 52.7 Å². The highest BCUT2D eigenvalue weighted by molar-refractivity contribution is 5.83. The second kappa shape index (κ2) is 14.5. The van der Waals surface area contributed by atoms with Gasteiger partial charge in [0.05, 0.1) is 36.3 Å². The molecule has 11 heteroatoms. The number of esters is 1. The molecule has 0 saturated heterocycles. The van der Waals surface area contributed by atoms with Crippen molar-refractivity contribution < 1.29 is 34.1 Å². The summed E-state index contributed by atoms with van der Waals surface area (Å²) in [7, 11) is 1.33. The number of carbonyl (C=O) groups excluding carboxylic acids is 3. The number of benzene rings is 2. The zero-order valence-corrected chi connectivity index (χ0v) is 26.4. The number of nitrogens with one attached hydrogen (secondary N) is 3. The first-order valence-corrected chi connectivity index (χ1v) is 14.9. The van der Waals surface area contributed by atoms with Crippen molar-refractivity contribution in [1.82, 2.24) is 10.6 Å². The second-order valence-electron chi connectivity index (χ2n) is 12.6. The Morgan fingerprint density at radius 2 is 1.82 bits per heavy atom. The van der Waals surface area contributed by atoms with E-state index in [0.717, 1.165) is 16.2 Å². The van der Waals surface area contributed by atoms with Gasteiger partial charge in [-0.25, -0.2) is 0 Å². The predicted molar refractivity (Wildman–Crippen MR) is 165 cm³/mol. The second-order valence-corrected chi connectivity index (χ2v) is 12.6. The molecule has 0 saturated carbocycles. The van der Waals surface area contributed by atoms with Crippen LogP contribution in [0.1, 0.15) is 65.0 Å². The normalized spacial score (nSPS) is 18.0. The molecule has 3 N–H and O–H groups in total. The maximum atomic E-state index is 12.8. The summed E-state index contributed by atoms with van der Waals surface area (Å²) in [4.78, 5) is 48.9. The smallest absolute Gasteiger partial charge is 0.308 e. The molecular formula is C33H44N4O7. The number of hydrogen-bond donors (Lipinski definition) is 3. The molecule has 3 atom stereocenters. The molecule has 2 amide bonds. The lowest BCUT2D eigenvalue weighted by Gasteiger charge is -2.27. The Bertz CT molecular complexity index is 1400. The fourth-order valence-electron chi connectivity index (χ4n) is 5.96. The summed E-state index contributed by atoms with van der Waals surface area (Å²) in [5, 5.41) is 29.5. The van der Waals surface area contributed by atoms with E-state index in [2.05, 4.69) is 30.5 Å². The van der Waals surface area contributed by atoms with Crippen LogP contribution in [0, 0.1) is 21.4 Å². The molecular weight excluding hydrogens is 564 g/mol. The van der Waals surface area contributed by atoms with Crippen LogP contribution >= 0.6 is 0 Å². The number of para-hydroxylation sites is 1. The van der Waals surface area contributed by atoms with Gasteiger partial charge in [0, 0.05) is 36.2 Å². The van der Waals surface area contributed by atoms with Gasteiger partial charge >= 0.3 is 5.97 Å². The van der Waals surface area contributed by atoms with Gasteiger partial charge in [0.2, 0.25) is 11.8 Å². The van der Waals surface area contributed by atoms with Crippen LogP contribution in [0.4, 0.5) is 11.4 Å². The minimum atomic E-state index is -0.741. The van der Waals surface area contributed by atoms with E-state index < -0.39 is 16.3 Å². The number of methoxy groups -OCH3 is 1. The van der Waals surface area contributed by atoms with Gasteiger partial charge in [-0.3, -0.25) is 29.4 Å². The molecule has 44 heavy (non-hydrogen) atoms. The average molecular weight is 609 g/mol. The van der Waals surface area contributed by atoms with Crippen LogP contribution < -0.4 is 20.6 Å². The number of non-ortho nitro benzene ring substituents is 1. The molecule has 0 fully saturated rings. The van der Waals surface area contributed by atoms with Gasteiger partial charge in [-0.1, -0.05) is 51.1 Å². The highest BCUT2D eigenvalue weighted by Crippen LogP contribution is 2.37. The van der Waals surface area contributed by atoms with Crippen LogP contribution in [0.15, 0.2) is 48.5 Å². The van der Waals surface area contributed by atoms with Crippen molar-refractivity contribution in [3.05, 3.63) is 69.8 Å². The van der Waals surface area contributed by atoms with E-state index >= 15 is 0 Å². The van der Waals surface area contributed by atoms with Gasteiger partial charge in [0.1, 0.15) is 11.7 Å². The number of hydrogen-bond acceptors (Lipinski definition) is 7. The van der Waals surface area contributed by atoms with Crippen molar-refractivity contribution in [3.8, 4) is 5.75 Å². The van der Waals surface area contributed by atoms with Crippen molar-refractivity contribution >= 4 is 35.2 Å². The Morgan fingerprint density at radius 3 is 2.50 bits per heavy atom. The van der Waals surface area contributed by atoms with Crippen molar-refractivity contribution in [2.45, 2.75) is 65.3 Å². The first-order chi connectivity index (χ1) is 20.7. The fraction of sp³-hybridized carbons (Fsp3) is 0.485. The summed E-state index contributed by atoms with van der Waals surface area (Å²) in [5.74, 6) is -1.31. The molecule has 1 aliphatic rings. The van der Waals surface area contributed by atoms with E-state index in [9.17, 15) is 29.6 Å². The van der Waals surface area contributed by atoms with Crippen molar-refractivity contribution in [1.29, 1.82) is 0 Å². The molecule has 3 rings (SSSR count). The van der Waals surface area contributed by atoms with Gasteiger partial charge in [0.25, 0.3) is 5.69 Å². The highest BCUT2D eigenvalue weighted by atomic mass is 16.6. The molecule has 0 bridgehead atoms. The lowest BCUT2D eigenvalue weighted by molar-refractivity contribution is -0.849. The molecule has 0 radical (unpaired) electrons. The van der Waals surface area contributed by atoms with Crippen LogP contribution in [0.3, 0.4) is 0 Å². The molecule has 0 spiro atoms. The van der Waals surface area contributed by atoms with Crippen LogP contribution in [-0.2, 0) is 24.5 Å². The molecule has 0 aromatic heterocycles. The number of fused-ring (bicyclic) bond motifs is 1. The average Bonchev–Trinajstić information content (AvgIpc) is 3.19. The van der Waals surface area contributed by atoms with E-state index in [1.165, 1.54) is 25.3 Å². The third-order valence-electron chi connectivity index (χ3n) is 8.41. The Kier molecular flexibility index (Phi) is 11.3. The predicted octanol–water partition coefficient (Wildman–Crippen LogP) is 2.80. The number of carbonyl (C=O) groups is 3. The Balaban J connectivity index is 1.57. The number of amides is 2. The first kappa shape index (κ1) is 34.2. The molecule has 1 aliphatic heterocycles. The van der Waals surface area contributed by atoms with Crippen molar-refractivity contribution in [2.75, 3.05) is 26.7 Å². The zero-order valence-electron chi connectivity index (χ0n) is 26.4. The molecule has 2 aromatic rings. The van der Waals surface area contributed by atoms with E-state index in [0.29, 0.717) is 32.5 Å². The number of quaternary nitrogens is 1. The molecule has 11 nitrogen and oxygen atoms in total. The summed E-state index contributed by atoms with van der Waals surface area (Å²) < 4.78 is 4.76. The largest absolute Gasteiger partial charge is 0.872 e. The molecule has 2 aromatic carbocycles. The maximum Gasteiger partial charge on any atom is 0.308 e. The van der Waals surface area contributed by atoms with Crippen LogP contribution in [0.25, 0.3) is 6.08 Å². The lowest BCUT2D eigenvalue weighted by atomic mass is 9.80. The van der Waals surface area contributed by atoms with Crippen LogP contribution in [0.2, 0.25) is 0 Å². The molecule has 1 heterocycles. The van der Waals surface area contributed by atoms with E-state index in [4.69, 9.17) is 4.74 Å². The van der Waals surface area contributed by atoms with Gasteiger partial charge in [-0.05, 0) is 44.4 Å². The Morgan fingerprint density at radius 1 is 1.14 bits per heavy atom. The summed E-state index contributed by atoms with van der Waals surface area (Å²) in [5.41, 5.74) is 1.27. The van der Waals surface area contributed by atoms with Gasteiger partial charge < -0.3 is 20.5 Å². The monoisotopic (exact) mass is 608 g/mol. The Labute approximate surface area is 258 Å². The van der Waals surface area contributed by atoms with Gasteiger partial charge in [-0.2, -0.15) is 0 Å². The zero-order chi connectivity index (χ0) is 32.7. The van der Waals surface area contributed by atoms with E-state index in [1.54, 1.807) is 26.8 Å². The van der Waals surface area contributed by atoms with Crippen molar-refractivity contribution in [3.63, 3.8) is 0 Å². The summed E-state index contributed by atoms with van der Waals surface area (Å²) in [6, 6.07) is 11.6. The third-order valence-corrected chi connectivity index (χ3v) is 8.41. The number of nitro groups is 1. The Hall–Kier alpha value is -4.25. The van der Waals surface area contributed by atoms with Crippen LogP contribution in [0.5, 0.6) is 5.75 Å². The standard InChI is InChI=1S/C33H44N4O7/c1-22(30(40)44-6)21-32(2,3)31(41)35-18-9-17-34-29(39)16-19-36-26-11-8-7-10-25(26)33(4,5)28(36)15-12-23-20-24(37(42)43)13-14-27(23)38/h7-8,10-15,20,22,28,38H,9,16-19,21H2,1-6H3,(H,34,39)(H,35,41)/b15-12+. The van der Waals surface area contributed by atoms with Crippen molar-refractivity contribution in [2.24, 2.45) is 11.3 Å². The topological polar surface area (TPSA) is 155 Å². The highest BCUT2D eigenvalue weighted by Gasteiger charge is 2.47. The number of nitro benzene ring substituents is 1. The molecule has 3 unspecified atom stereocenters. The maximum absolute atomic E-state index is 12.8. The first-order valence-electron chi connectivity index (χ1n) is 14.9. The van der Waals surface area contributed by atoms with E-state index in [1.807, 2.05) is 24.3 Å². The fourth-order valence-corrected chi connectivity index (χ4v) is 5.96. The number of ether oxygens (including phenoxy) is 1. The lowest BCUT2D eigenvalue weighted by Crippen LogP contribution is -3.11. The van der Waals surface area contributed by atoms with Crippen LogP contribution in [-0.4, -0.2) is 55.5 Å². The molecule has 238 valence electrons.